The molecule has 0 atom stereocenters. The first-order chi connectivity index (χ1) is 10.1. The molecule has 0 radical (unpaired) electrons. The molecular weight excluding hydrogens is 274 g/mol. The zero-order chi connectivity index (χ0) is 15.1. The summed E-state index contributed by atoms with van der Waals surface area (Å²) in [5.41, 5.74) is 0.341. The summed E-state index contributed by atoms with van der Waals surface area (Å²) in [7, 11) is 0. The summed E-state index contributed by atoms with van der Waals surface area (Å²) in [6, 6.07) is 5.45. The molecule has 2 N–H and O–H groups in total. The number of nitrogens with zero attached hydrogens (tertiary/aromatic N) is 1. The maximum atomic E-state index is 11.6. The summed E-state index contributed by atoms with van der Waals surface area (Å²) in [6.07, 6.45) is 3.28. The Morgan fingerprint density at radius 3 is 2.95 bits per heavy atom. The highest BCUT2D eigenvalue weighted by Crippen LogP contribution is 2.28. The molecule has 1 fully saturated rings. The third-order valence-corrected chi connectivity index (χ3v) is 3.12. The van der Waals surface area contributed by atoms with Gasteiger partial charge < -0.3 is 15.4 Å². The van der Waals surface area contributed by atoms with Crippen LogP contribution in [0.1, 0.15) is 19.3 Å². The molecule has 7 nitrogen and oxygen atoms in total. The Balaban J connectivity index is 1.61. The zero-order valence-corrected chi connectivity index (χ0v) is 11.7. The molecule has 0 heterocycles. The van der Waals surface area contributed by atoms with Crippen LogP contribution in [0.5, 0.6) is 0 Å². The fourth-order valence-corrected chi connectivity index (χ4v) is 1.78. The lowest BCUT2D eigenvalue weighted by Crippen LogP contribution is -2.30. The van der Waals surface area contributed by atoms with Gasteiger partial charge in [0.2, 0.25) is 0 Å². The minimum Gasteiger partial charge on any atom is -0.381 e. The smallest absolute Gasteiger partial charge is 0.319 e. The molecule has 1 aromatic carbocycles. The lowest BCUT2D eigenvalue weighted by Gasteiger charge is -2.07. The van der Waals surface area contributed by atoms with Crippen LogP contribution < -0.4 is 10.6 Å². The Hall–Kier alpha value is -2.15. The second-order valence-electron chi connectivity index (χ2n) is 5.06. The van der Waals surface area contributed by atoms with E-state index in [1.807, 2.05) is 0 Å². The maximum absolute atomic E-state index is 11.6. The maximum Gasteiger partial charge on any atom is 0.319 e. The van der Waals surface area contributed by atoms with E-state index < -0.39 is 4.92 Å². The average molecular weight is 293 g/mol. The Bertz CT molecular complexity index is 503. The van der Waals surface area contributed by atoms with E-state index in [0.29, 0.717) is 18.8 Å². The van der Waals surface area contributed by atoms with Gasteiger partial charge in [0.05, 0.1) is 4.92 Å². The number of carbonyl (C=O) groups is 1. The first-order valence-corrected chi connectivity index (χ1v) is 7.02. The standard InChI is InChI=1S/C14H19N3O4/c18-14(15-7-2-8-21-10-11-5-6-11)16-12-3-1-4-13(9-12)17(19)20/h1,3-4,9,11H,2,5-8,10H2,(H2,15,16,18). The number of nitro groups is 1. The topological polar surface area (TPSA) is 93.5 Å². The van der Waals surface area contributed by atoms with E-state index in [4.69, 9.17) is 4.74 Å². The number of benzene rings is 1. The van der Waals surface area contributed by atoms with Crippen molar-refractivity contribution in [3.8, 4) is 0 Å². The third-order valence-electron chi connectivity index (χ3n) is 3.12. The number of non-ortho nitro benzene ring substituents is 1. The average Bonchev–Trinajstić information content (AvgIpc) is 3.27. The van der Waals surface area contributed by atoms with Crippen LogP contribution >= 0.6 is 0 Å². The molecule has 1 saturated carbocycles. The summed E-state index contributed by atoms with van der Waals surface area (Å²) in [5.74, 6) is 0.745. The molecule has 1 aliphatic rings. The van der Waals surface area contributed by atoms with Crippen LogP contribution in [-0.2, 0) is 4.74 Å². The summed E-state index contributed by atoms with van der Waals surface area (Å²) in [4.78, 5) is 21.7. The van der Waals surface area contributed by atoms with Crippen LogP contribution in [0.3, 0.4) is 0 Å². The van der Waals surface area contributed by atoms with Gasteiger partial charge in [-0.25, -0.2) is 4.79 Å². The number of nitro benzene ring substituents is 1. The molecule has 0 spiro atoms. The first-order valence-electron chi connectivity index (χ1n) is 7.02. The van der Waals surface area contributed by atoms with Gasteiger partial charge in [-0.3, -0.25) is 10.1 Å². The number of urea groups is 1. The highest BCUT2D eigenvalue weighted by Gasteiger charge is 2.20. The zero-order valence-electron chi connectivity index (χ0n) is 11.7. The number of anilines is 1. The highest BCUT2D eigenvalue weighted by atomic mass is 16.6. The number of hydrogen-bond acceptors (Lipinski definition) is 4. The highest BCUT2D eigenvalue weighted by molar-refractivity contribution is 5.89. The number of nitrogens with one attached hydrogen (secondary N) is 2. The molecule has 0 unspecified atom stereocenters. The van der Waals surface area contributed by atoms with E-state index in [9.17, 15) is 14.9 Å². The lowest BCUT2D eigenvalue weighted by molar-refractivity contribution is -0.384. The molecule has 1 aromatic rings. The first kappa shape index (κ1) is 15.2. The van der Waals surface area contributed by atoms with Crippen molar-refractivity contribution in [1.29, 1.82) is 0 Å². The molecule has 21 heavy (non-hydrogen) atoms. The van der Waals surface area contributed by atoms with Crippen molar-refractivity contribution in [2.24, 2.45) is 5.92 Å². The SMILES string of the molecule is O=C(NCCCOCC1CC1)Nc1cccc([N+](=O)[O-])c1. The molecule has 0 bridgehead atoms. The van der Waals surface area contributed by atoms with E-state index in [1.165, 1.54) is 31.0 Å². The monoisotopic (exact) mass is 293 g/mol. The second-order valence-corrected chi connectivity index (χ2v) is 5.06. The minimum atomic E-state index is -0.500. The van der Waals surface area contributed by atoms with E-state index in [2.05, 4.69) is 10.6 Å². The van der Waals surface area contributed by atoms with Crippen LogP contribution in [-0.4, -0.2) is 30.7 Å². The van der Waals surface area contributed by atoms with Crippen molar-refractivity contribution in [3.05, 3.63) is 34.4 Å². The van der Waals surface area contributed by atoms with Crippen molar-refractivity contribution < 1.29 is 14.5 Å². The molecule has 0 aromatic heterocycles. The molecule has 2 amide bonds. The number of hydrogen-bond donors (Lipinski definition) is 2. The largest absolute Gasteiger partial charge is 0.381 e. The normalized spacial score (nSPS) is 13.7. The van der Waals surface area contributed by atoms with Crippen molar-refractivity contribution in [2.45, 2.75) is 19.3 Å². The van der Waals surface area contributed by atoms with Crippen LogP contribution in [0.15, 0.2) is 24.3 Å². The summed E-state index contributed by atoms with van der Waals surface area (Å²) >= 11 is 0. The van der Waals surface area contributed by atoms with E-state index in [1.54, 1.807) is 6.07 Å². The molecular formula is C14H19N3O4. The quantitative estimate of drug-likeness (QED) is 0.437. The lowest BCUT2D eigenvalue weighted by atomic mass is 10.3. The predicted molar refractivity (Wildman–Crippen MR) is 78.3 cm³/mol. The van der Waals surface area contributed by atoms with Gasteiger partial charge in [-0.2, -0.15) is 0 Å². The van der Waals surface area contributed by atoms with Crippen LogP contribution in [0, 0.1) is 16.0 Å². The molecule has 0 aliphatic heterocycles. The van der Waals surface area contributed by atoms with Crippen molar-refractivity contribution in [3.63, 3.8) is 0 Å². The van der Waals surface area contributed by atoms with E-state index in [-0.39, 0.29) is 11.7 Å². The number of ether oxygens (including phenoxy) is 1. The van der Waals surface area contributed by atoms with E-state index in [0.717, 1.165) is 18.9 Å². The van der Waals surface area contributed by atoms with Crippen LogP contribution in [0.4, 0.5) is 16.2 Å². The van der Waals surface area contributed by atoms with Crippen LogP contribution in [0.2, 0.25) is 0 Å². The molecule has 7 heteroatoms. The third kappa shape index (κ3) is 5.78. The number of rotatable bonds is 8. The molecule has 114 valence electrons. The van der Waals surface area contributed by atoms with E-state index >= 15 is 0 Å². The van der Waals surface area contributed by atoms with Crippen molar-refractivity contribution in [1.82, 2.24) is 5.32 Å². The summed E-state index contributed by atoms with van der Waals surface area (Å²) in [6.45, 7) is 1.96. The van der Waals surface area contributed by atoms with Crippen LogP contribution in [0.25, 0.3) is 0 Å². The van der Waals surface area contributed by atoms with Crippen molar-refractivity contribution in [2.75, 3.05) is 25.1 Å². The Morgan fingerprint density at radius 1 is 1.43 bits per heavy atom. The van der Waals surface area contributed by atoms with Crippen molar-refractivity contribution >= 4 is 17.4 Å². The molecule has 2 rings (SSSR count). The van der Waals surface area contributed by atoms with Gasteiger partial charge in [0.25, 0.3) is 5.69 Å². The fourth-order valence-electron chi connectivity index (χ4n) is 1.78. The molecule has 1 aliphatic carbocycles. The van der Waals surface area contributed by atoms with Gasteiger partial charge in [-0.15, -0.1) is 0 Å². The Labute approximate surface area is 122 Å². The van der Waals surface area contributed by atoms with Gasteiger partial charge in [0, 0.05) is 37.6 Å². The van der Waals surface area contributed by atoms with Gasteiger partial charge in [0.1, 0.15) is 0 Å². The summed E-state index contributed by atoms with van der Waals surface area (Å²) in [5, 5.41) is 15.9. The number of amides is 2. The van der Waals surface area contributed by atoms with Gasteiger partial charge >= 0.3 is 6.03 Å². The van der Waals surface area contributed by atoms with Gasteiger partial charge in [-0.1, -0.05) is 6.07 Å². The number of carbonyl (C=O) groups excluding carboxylic acids is 1. The Kier molecular flexibility index (Phi) is 5.51. The van der Waals surface area contributed by atoms with Gasteiger partial charge in [-0.05, 0) is 31.2 Å². The van der Waals surface area contributed by atoms with Gasteiger partial charge in [0.15, 0.2) is 0 Å². The predicted octanol–water partition coefficient (Wildman–Crippen LogP) is 2.53. The molecule has 0 saturated heterocycles. The fraction of sp³-hybridized carbons (Fsp3) is 0.500. The summed E-state index contributed by atoms with van der Waals surface area (Å²) < 4.78 is 5.45. The Morgan fingerprint density at radius 2 is 2.24 bits per heavy atom. The second kappa shape index (κ2) is 7.58. The minimum absolute atomic E-state index is 0.0544.